The van der Waals surface area contributed by atoms with Crippen LogP contribution in [0.5, 0.6) is 0 Å². The summed E-state index contributed by atoms with van der Waals surface area (Å²) >= 11 is 1.46. The molecule has 0 spiro atoms. The van der Waals surface area contributed by atoms with Crippen LogP contribution in [0.25, 0.3) is 0 Å². The number of cyclic esters (lactones) is 2. The molecule has 2 rings (SSSR count). The third kappa shape index (κ3) is 16.1. The number of nitrogens with one attached hydrogen (secondary N) is 2. The highest BCUT2D eigenvalue weighted by molar-refractivity contribution is 7.98. The van der Waals surface area contributed by atoms with Gasteiger partial charge in [-0.05, 0) is 76.7 Å². The van der Waals surface area contributed by atoms with Gasteiger partial charge in [-0.3, -0.25) is 24.0 Å². The third-order valence-electron chi connectivity index (χ3n) is 11.7. The number of rotatable bonds is 10. The molecule has 15 nitrogen and oxygen atoms in total. The number of carbonyl (C=O) groups excluding carboxylic acids is 7. The Morgan fingerprint density at radius 2 is 1.56 bits per heavy atom. The van der Waals surface area contributed by atoms with Crippen LogP contribution in [0.15, 0.2) is 53.6 Å². The third-order valence-corrected chi connectivity index (χ3v) is 12.1. The average molecular weight is 900 g/mol. The van der Waals surface area contributed by atoms with Crippen LogP contribution in [0.3, 0.4) is 0 Å². The van der Waals surface area contributed by atoms with Crippen molar-refractivity contribution in [3.05, 3.63) is 59.2 Å². The second-order valence-corrected chi connectivity index (χ2v) is 18.0. The number of hydrogen-bond acceptors (Lipinski definition) is 11. The van der Waals surface area contributed by atoms with Crippen molar-refractivity contribution < 1.29 is 47.8 Å². The number of carbonyl (C=O) groups is 7. The first-order valence-electron chi connectivity index (χ1n) is 21.8. The predicted octanol–water partition coefficient (Wildman–Crippen LogP) is 4.92. The molecule has 0 bridgehead atoms. The number of esters is 2. The molecular formula is C47H73N5O10S. The summed E-state index contributed by atoms with van der Waals surface area (Å²) in [7, 11) is 4.37. The van der Waals surface area contributed by atoms with Gasteiger partial charge in [0, 0.05) is 39.1 Å². The van der Waals surface area contributed by atoms with Crippen LogP contribution < -0.4 is 10.6 Å². The zero-order valence-electron chi connectivity index (χ0n) is 39.9. The van der Waals surface area contributed by atoms with Crippen molar-refractivity contribution in [1.29, 1.82) is 0 Å². The summed E-state index contributed by atoms with van der Waals surface area (Å²) in [5.74, 6) is -4.88. The Morgan fingerprint density at radius 3 is 2.13 bits per heavy atom. The first kappa shape index (κ1) is 54.4. The van der Waals surface area contributed by atoms with E-state index in [-0.39, 0.29) is 36.7 Å². The van der Waals surface area contributed by atoms with Gasteiger partial charge in [0.1, 0.15) is 30.3 Å². The number of amides is 5. The SMILES string of the molecule is C/C=C(\C)[C@H]1OC(=O)[C@H](C)N(C)C(=O)C(C(C)CC)NC(=O)CN(C)C(=O)[C@@H](Cc2ccccc2)N(C)C(=O)[C@H](C)NC(=O)[C@@H](CC(C)C)OC(=O)/C(C)=C/C[C@H](OCSC)[C@H]1C. The summed E-state index contributed by atoms with van der Waals surface area (Å²) in [6.45, 7) is 17.2. The Morgan fingerprint density at radius 1 is 0.921 bits per heavy atom. The van der Waals surface area contributed by atoms with Gasteiger partial charge in [0.05, 0.1) is 18.6 Å². The van der Waals surface area contributed by atoms with Crippen molar-refractivity contribution in [2.45, 2.75) is 137 Å². The van der Waals surface area contributed by atoms with E-state index < -0.39 is 96.4 Å². The summed E-state index contributed by atoms with van der Waals surface area (Å²) in [6, 6.07) is 4.73. The van der Waals surface area contributed by atoms with Gasteiger partial charge >= 0.3 is 11.9 Å². The van der Waals surface area contributed by atoms with Crippen molar-refractivity contribution in [3.8, 4) is 0 Å². The first-order valence-corrected chi connectivity index (χ1v) is 23.2. The second kappa shape index (κ2) is 26.2. The van der Waals surface area contributed by atoms with E-state index in [1.165, 1.54) is 54.5 Å². The smallest absolute Gasteiger partial charge is 0.334 e. The zero-order chi connectivity index (χ0) is 47.7. The molecule has 0 saturated carbocycles. The number of hydrogen-bond donors (Lipinski definition) is 2. The van der Waals surface area contributed by atoms with Crippen LogP contribution in [0.4, 0.5) is 0 Å². The molecule has 1 heterocycles. The molecule has 2 N–H and O–H groups in total. The second-order valence-electron chi connectivity index (χ2n) is 17.1. The number of allylic oxidation sites excluding steroid dienone is 1. The first-order chi connectivity index (χ1) is 29.6. The highest BCUT2D eigenvalue weighted by atomic mass is 32.2. The lowest BCUT2D eigenvalue weighted by Crippen LogP contribution is -2.58. The fourth-order valence-electron chi connectivity index (χ4n) is 7.10. The number of thioether (sulfide) groups is 1. The number of nitrogens with zero attached hydrogens (tertiary/aromatic N) is 3. The van der Waals surface area contributed by atoms with E-state index in [4.69, 9.17) is 14.2 Å². The molecule has 0 fully saturated rings. The van der Waals surface area contributed by atoms with Crippen molar-refractivity contribution in [2.75, 3.05) is 39.9 Å². The normalized spacial score (nSPS) is 27.9. The minimum Gasteiger partial charge on any atom is -0.456 e. The molecule has 1 aliphatic rings. The molecule has 0 aromatic heterocycles. The van der Waals surface area contributed by atoms with Gasteiger partial charge in [0.15, 0.2) is 6.10 Å². The summed E-state index contributed by atoms with van der Waals surface area (Å²) in [4.78, 5) is 101. The highest BCUT2D eigenvalue weighted by Crippen LogP contribution is 2.27. The summed E-state index contributed by atoms with van der Waals surface area (Å²) in [5, 5.41) is 5.51. The van der Waals surface area contributed by atoms with E-state index in [2.05, 4.69) is 10.6 Å². The van der Waals surface area contributed by atoms with Crippen molar-refractivity contribution in [1.82, 2.24) is 25.3 Å². The Labute approximate surface area is 379 Å². The van der Waals surface area contributed by atoms with Crippen LogP contribution in [0, 0.1) is 17.8 Å². The zero-order valence-corrected chi connectivity index (χ0v) is 40.7. The predicted molar refractivity (Wildman–Crippen MR) is 245 cm³/mol. The van der Waals surface area contributed by atoms with Crippen LogP contribution in [-0.2, 0) is 54.2 Å². The molecule has 63 heavy (non-hydrogen) atoms. The largest absolute Gasteiger partial charge is 0.456 e. The van der Waals surface area contributed by atoms with Crippen LogP contribution >= 0.6 is 11.8 Å². The van der Waals surface area contributed by atoms with Gasteiger partial charge in [-0.1, -0.05) is 83.5 Å². The van der Waals surface area contributed by atoms with E-state index in [1.54, 1.807) is 32.1 Å². The number of likely N-dealkylation sites (N-methyl/N-ethyl adjacent to an activating group) is 3. The van der Waals surface area contributed by atoms with Gasteiger partial charge in [-0.2, -0.15) is 0 Å². The summed E-state index contributed by atoms with van der Waals surface area (Å²) in [6.07, 6.45) is 3.86. The fraction of sp³-hybridized carbons (Fsp3) is 0.638. The van der Waals surface area contributed by atoms with Crippen molar-refractivity contribution in [3.63, 3.8) is 0 Å². The van der Waals surface area contributed by atoms with Gasteiger partial charge in [0.2, 0.25) is 23.6 Å². The maximum Gasteiger partial charge on any atom is 0.334 e. The molecule has 16 heteroatoms. The van der Waals surface area contributed by atoms with Crippen LogP contribution in [0.2, 0.25) is 0 Å². The lowest BCUT2D eigenvalue weighted by molar-refractivity contribution is -0.161. The molecule has 0 aliphatic carbocycles. The van der Waals surface area contributed by atoms with Gasteiger partial charge in [-0.25, -0.2) is 9.59 Å². The van der Waals surface area contributed by atoms with Crippen molar-refractivity contribution >= 4 is 53.2 Å². The average Bonchev–Trinajstić information content (AvgIpc) is 3.26. The van der Waals surface area contributed by atoms with E-state index in [0.717, 1.165) is 11.1 Å². The fourth-order valence-corrected chi connectivity index (χ4v) is 7.41. The molecular weight excluding hydrogens is 827 g/mol. The van der Waals surface area contributed by atoms with E-state index in [9.17, 15) is 33.6 Å². The van der Waals surface area contributed by atoms with E-state index in [1.807, 2.05) is 79.0 Å². The minimum absolute atomic E-state index is 0.0618. The van der Waals surface area contributed by atoms with E-state index >= 15 is 0 Å². The van der Waals surface area contributed by atoms with Crippen LogP contribution in [0.1, 0.15) is 94.1 Å². The maximum absolute atomic E-state index is 14.2. The molecule has 1 aromatic carbocycles. The van der Waals surface area contributed by atoms with Crippen molar-refractivity contribution in [2.24, 2.45) is 17.8 Å². The molecule has 1 aromatic rings. The lowest BCUT2D eigenvalue weighted by atomic mass is 9.90. The lowest BCUT2D eigenvalue weighted by Gasteiger charge is -2.35. The van der Waals surface area contributed by atoms with Gasteiger partial charge in [-0.15, -0.1) is 11.8 Å². The molecule has 1 aliphatic heterocycles. The molecule has 2 unspecified atom stereocenters. The number of ether oxygens (including phenoxy) is 3. The Bertz CT molecular complexity index is 1790. The van der Waals surface area contributed by atoms with Gasteiger partial charge in [0.25, 0.3) is 5.91 Å². The molecule has 5 amide bonds. The Balaban J connectivity index is 2.72. The molecule has 352 valence electrons. The summed E-state index contributed by atoms with van der Waals surface area (Å²) in [5.41, 5.74) is 1.73. The minimum atomic E-state index is -1.23. The topological polar surface area (TPSA) is 181 Å². The molecule has 0 saturated heterocycles. The Kier molecular flexibility index (Phi) is 22.6. The standard InChI is InChI=1S/C47H73N5O10S/c1-15-29(5)40-45(57)51(12)34(10)47(59)62-41(30(6)16-2)32(8)37(60-27-63-14)23-22-31(7)46(58)61-38(24-28(3)4)42(54)48-33(9)43(55)52(13)36(25-35-20-18-17-19-21-35)44(56)50(11)26-39(53)49-40/h16-22,28-29,32-34,36-38,40-41H,15,23-27H2,1-14H3,(H,48,54)(H,49,53)/b30-16+,31-22+/t29?,32-,33+,34+,36-,37+,38-,40?,41-/m1/s1. The van der Waals surface area contributed by atoms with Crippen LogP contribution in [-0.4, -0.2) is 139 Å². The highest BCUT2D eigenvalue weighted by Gasteiger charge is 2.38. The quantitative estimate of drug-likeness (QED) is 0.185. The number of benzene rings is 1. The Hall–Kier alpha value is -4.70. The molecule has 0 radical (unpaired) electrons. The molecule has 9 atom stereocenters. The maximum atomic E-state index is 14.2. The monoisotopic (exact) mass is 900 g/mol. The summed E-state index contributed by atoms with van der Waals surface area (Å²) < 4.78 is 18.2. The van der Waals surface area contributed by atoms with Gasteiger partial charge < -0.3 is 39.5 Å². The van der Waals surface area contributed by atoms with E-state index in [0.29, 0.717) is 12.4 Å².